The lowest BCUT2D eigenvalue weighted by molar-refractivity contribution is 0.217. The highest BCUT2D eigenvalue weighted by atomic mass is 15.2. The fraction of sp³-hybridized carbons (Fsp3) is 0.417. The lowest BCUT2D eigenvalue weighted by Crippen LogP contribution is -2.40. The van der Waals surface area contributed by atoms with Gasteiger partial charge in [-0.1, -0.05) is 6.07 Å². The Morgan fingerprint density at radius 1 is 1.35 bits per heavy atom. The average molecular weight is 229 g/mol. The van der Waals surface area contributed by atoms with Crippen molar-refractivity contribution in [2.45, 2.75) is 19.0 Å². The zero-order valence-electron chi connectivity index (χ0n) is 9.74. The van der Waals surface area contributed by atoms with Crippen LogP contribution in [0.4, 0.5) is 0 Å². The molecule has 2 atom stereocenters. The summed E-state index contributed by atoms with van der Waals surface area (Å²) in [5.41, 5.74) is 6.71. The molecule has 0 saturated heterocycles. The molecule has 1 rings (SSSR count). The van der Waals surface area contributed by atoms with Crippen LogP contribution < -0.4 is 5.73 Å². The fourth-order valence-electron chi connectivity index (χ4n) is 1.77. The van der Waals surface area contributed by atoms with Crippen LogP contribution in [0.15, 0.2) is 24.4 Å². The summed E-state index contributed by atoms with van der Waals surface area (Å²) in [6, 6.07) is 9.23. The highest BCUT2D eigenvalue weighted by molar-refractivity contribution is 5.12. The number of pyridine rings is 1. The molecule has 0 spiro atoms. The van der Waals surface area contributed by atoms with Gasteiger partial charge in [0.25, 0.3) is 0 Å². The van der Waals surface area contributed by atoms with Crippen molar-refractivity contribution in [3.05, 3.63) is 30.1 Å². The van der Waals surface area contributed by atoms with Crippen LogP contribution >= 0.6 is 0 Å². The predicted octanol–water partition coefficient (Wildman–Crippen LogP) is 0.819. The van der Waals surface area contributed by atoms with Gasteiger partial charge in [0.1, 0.15) is 0 Å². The number of aromatic nitrogens is 1. The van der Waals surface area contributed by atoms with E-state index >= 15 is 0 Å². The number of nitriles is 2. The van der Waals surface area contributed by atoms with E-state index < -0.39 is 0 Å². The molecule has 0 aromatic carbocycles. The molecular weight excluding hydrogens is 214 g/mol. The molecule has 1 aromatic rings. The molecule has 1 heterocycles. The minimum atomic E-state index is -0.213. The summed E-state index contributed by atoms with van der Waals surface area (Å²) in [6.07, 6.45) is 1.68. The first-order chi connectivity index (χ1) is 8.20. The van der Waals surface area contributed by atoms with Gasteiger partial charge in [-0.15, -0.1) is 0 Å². The molecule has 2 unspecified atom stereocenters. The monoisotopic (exact) mass is 229 g/mol. The highest BCUT2D eigenvalue weighted by Crippen LogP contribution is 2.20. The van der Waals surface area contributed by atoms with Gasteiger partial charge < -0.3 is 5.73 Å². The largest absolute Gasteiger partial charge is 0.326 e. The second-order valence-electron chi connectivity index (χ2n) is 3.78. The van der Waals surface area contributed by atoms with Crippen molar-refractivity contribution in [3.63, 3.8) is 0 Å². The van der Waals surface area contributed by atoms with E-state index in [1.165, 1.54) is 0 Å². The summed E-state index contributed by atoms with van der Waals surface area (Å²) in [4.78, 5) is 5.97. The zero-order valence-corrected chi connectivity index (χ0v) is 9.74. The Kier molecular flexibility index (Phi) is 5.09. The predicted molar refractivity (Wildman–Crippen MR) is 63.4 cm³/mol. The number of nitrogens with two attached hydrogens (primary N) is 1. The topological polar surface area (TPSA) is 89.7 Å². The van der Waals surface area contributed by atoms with Crippen LogP contribution in [-0.2, 0) is 0 Å². The molecule has 0 aliphatic rings. The SMILES string of the molecule is CC(N)C(c1ccccn1)N(CC#N)CC#N. The van der Waals surface area contributed by atoms with Gasteiger partial charge in [-0.25, -0.2) is 0 Å². The number of hydrogen-bond donors (Lipinski definition) is 1. The number of nitrogens with zero attached hydrogens (tertiary/aromatic N) is 4. The summed E-state index contributed by atoms with van der Waals surface area (Å²) in [7, 11) is 0. The van der Waals surface area contributed by atoms with Gasteiger partial charge in [-0.2, -0.15) is 10.5 Å². The zero-order chi connectivity index (χ0) is 12.7. The molecule has 0 aliphatic heterocycles. The Labute approximate surface area is 101 Å². The molecule has 0 aliphatic carbocycles. The van der Waals surface area contributed by atoms with Crippen LogP contribution in [0.5, 0.6) is 0 Å². The molecule has 5 heteroatoms. The molecule has 0 fully saturated rings. The van der Waals surface area contributed by atoms with Crippen LogP contribution in [0.25, 0.3) is 0 Å². The van der Waals surface area contributed by atoms with Crippen molar-refractivity contribution in [2.24, 2.45) is 5.73 Å². The minimum Gasteiger partial charge on any atom is -0.326 e. The van der Waals surface area contributed by atoms with Gasteiger partial charge in [-0.3, -0.25) is 9.88 Å². The van der Waals surface area contributed by atoms with E-state index in [2.05, 4.69) is 4.98 Å². The Morgan fingerprint density at radius 3 is 2.41 bits per heavy atom. The lowest BCUT2D eigenvalue weighted by Gasteiger charge is -2.30. The van der Waals surface area contributed by atoms with E-state index in [-0.39, 0.29) is 25.2 Å². The first-order valence-corrected chi connectivity index (χ1v) is 5.35. The first kappa shape index (κ1) is 13.1. The maximum Gasteiger partial charge on any atom is 0.0880 e. The van der Waals surface area contributed by atoms with Crippen LogP contribution in [0.3, 0.4) is 0 Å². The van der Waals surface area contributed by atoms with Crippen molar-refractivity contribution >= 4 is 0 Å². The van der Waals surface area contributed by atoms with Crippen molar-refractivity contribution in [3.8, 4) is 12.1 Å². The Bertz CT molecular complexity index is 399. The smallest absolute Gasteiger partial charge is 0.0880 e. The summed E-state index contributed by atoms with van der Waals surface area (Å²) in [6.45, 7) is 2.17. The minimum absolute atomic E-state index is 0.163. The second-order valence-corrected chi connectivity index (χ2v) is 3.78. The average Bonchev–Trinajstić information content (AvgIpc) is 2.31. The van der Waals surface area contributed by atoms with E-state index in [1.807, 2.05) is 37.3 Å². The normalized spacial score (nSPS) is 13.7. The van der Waals surface area contributed by atoms with E-state index in [9.17, 15) is 0 Å². The molecule has 17 heavy (non-hydrogen) atoms. The van der Waals surface area contributed by atoms with Crippen molar-refractivity contribution in [2.75, 3.05) is 13.1 Å². The van der Waals surface area contributed by atoms with Crippen LogP contribution in [0.1, 0.15) is 18.7 Å². The van der Waals surface area contributed by atoms with Crippen LogP contribution in [-0.4, -0.2) is 29.0 Å². The van der Waals surface area contributed by atoms with E-state index in [1.54, 1.807) is 11.1 Å². The van der Waals surface area contributed by atoms with Crippen LogP contribution in [0, 0.1) is 22.7 Å². The maximum absolute atomic E-state index is 8.78. The van der Waals surface area contributed by atoms with E-state index in [0.29, 0.717) is 0 Å². The molecule has 2 N–H and O–H groups in total. The molecule has 0 bridgehead atoms. The van der Waals surface area contributed by atoms with E-state index in [0.717, 1.165) is 5.69 Å². The number of hydrogen-bond acceptors (Lipinski definition) is 5. The lowest BCUT2D eigenvalue weighted by atomic mass is 10.0. The molecular formula is C12H15N5. The summed E-state index contributed by atoms with van der Waals surface area (Å²) in [5, 5.41) is 17.6. The van der Waals surface area contributed by atoms with Gasteiger partial charge in [0.2, 0.25) is 0 Å². The summed E-state index contributed by atoms with van der Waals surface area (Å²) in [5.74, 6) is 0. The van der Waals surface area contributed by atoms with Crippen LogP contribution in [0.2, 0.25) is 0 Å². The third-order valence-electron chi connectivity index (χ3n) is 2.43. The summed E-state index contributed by atoms with van der Waals surface area (Å²) >= 11 is 0. The Balaban J connectivity index is 3.00. The second kappa shape index (κ2) is 6.59. The van der Waals surface area contributed by atoms with E-state index in [4.69, 9.17) is 16.3 Å². The maximum atomic E-state index is 8.78. The molecule has 0 radical (unpaired) electrons. The molecule has 0 saturated carbocycles. The van der Waals surface area contributed by atoms with Gasteiger partial charge in [0.05, 0.1) is 37.0 Å². The third-order valence-corrected chi connectivity index (χ3v) is 2.43. The van der Waals surface area contributed by atoms with Gasteiger partial charge in [0.15, 0.2) is 0 Å². The standard InChI is InChI=1S/C12H15N5/c1-10(15)12(11-4-2-3-7-16-11)17(8-5-13)9-6-14/h2-4,7,10,12H,8-9,15H2,1H3. The quantitative estimate of drug-likeness (QED) is 0.755. The van der Waals surface area contributed by atoms with Crippen molar-refractivity contribution < 1.29 is 0 Å². The molecule has 88 valence electrons. The van der Waals surface area contributed by atoms with Gasteiger partial charge in [-0.05, 0) is 19.1 Å². The molecule has 1 aromatic heterocycles. The Morgan fingerprint density at radius 2 is 2.00 bits per heavy atom. The molecule has 0 amide bonds. The number of rotatable bonds is 5. The first-order valence-electron chi connectivity index (χ1n) is 5.35. The van der Waals surface area contributed by atoms with Gasteiger partial charge >= 0.3 is 0 Å². The van der Waals surface area contributed by atoms with Crippen molar-refractivity contribution in [1.82, 2.24) is 9.88 Å². The fourth-order valence-corrected chi connectivity index (χ4v) is 1.77. The van der Waals surface area contributed by atoms with Crippen molar-refractivity contribution in [1.29, 1.82) is 10.5 Å². The van der Waals surface area contributed by atoms with Gasteiger partial charge in [0, 0.05) is 12.2 Å². The third kappa shape index (κ3) is 3.53. The highest BCUT2D eigenvalue weighted by Gasteiger charge is 2.24. The Hall–Kier alpha value is -1.95. The summed E-state index contributed by atoms with van der Waals surface area (Å²) < 4.78 is 0. The molecule has 5 nitrogen and oxygen atoms in total.